The number of benzene rings is 2. The van der Waals surface area contributed by atoms with Gasteiger partial charge < -0.3 is 4.90 Å². The van der Waals surface area contributed by atoms with E-state index in [0.717, 1.165) is 10.4 Å². The number of hydrogen-bond acceptors (Lipinski definition) is 5. The maximum absolute atomic E-state index is 13.2. The summed E-state index contributed by atoms with van der Waals surface area (Å²) in [5, 5.41) is 4.35. The molecule has 1 atom stereocenters. The van der Waals surface area contributed by atoms with Crippen molar-refractivity contribution < 1.29 is 14.0 Å². The van der Waals surface area contributed by atoms with Crippen LogP contribution in [0.5, 0.6) is 0 Å². The summed E-state index contributed by atoms with van der Waals surface area (Å²) in [6.07, 6.45) is 2.58. The fraction of sp³-hybridized carbons (Fsp3) is 0.136. The molecule has 160 valence electrons. The quantitative estimate of drug-likeness (QED) is 0.530. The minimum absolute atomic E-state index is 0.0493. The summed E-state index contributed by atoms with van der Waals surface area (Å²) in [5.74, 6) is -1.60. The van der Waals surface area contributed by atoms with Crippen LogP contribution in [0.4, 0.5) is 10.1 Å². The van der Waals surface area contributed by atoms with Gasteiger partial charge in [-0.2, -0.15) is 5.10 Å². The molecule has 2 aromatic carbocycles. The first-order valence-corrected chi connectivity index (χ1v) is 9.89. The van der Waals surface area contributed by atoms with Gasteiger partial charge in [0.2, 0.25) is 11.8 Å². The van der Waals surface area contributed by atoms with E-state index in [-0.39, 0.29) is 35.7 Å². The second-order valence-electron chi connectivity index (χ2n) is 7.41. The second-order valence-corrected chi connectivity index (χ2v) is 7.41. The molecule has 0 spiro atoms. The van der Waals surface area contributed by atoms with Crippen molar-refractivity contribution in [3.63, 3.8) is 0 Å². The van der Waals surface area contributed by atoms with E-state index in [0.29, 0.717) is 5.69 Å². The van der Waals surface area contributed by atoms with E-state index in [4.69, 9.17) is 0 Å². The van der Waals surface area contributed by atoms with E-state index >= 15 is 0 Å². The maximum atomic E-state index is 13.2. The van der Waals surface area contributed by atoms with Crippen molar-refractivity contribution in [2.45, 2.75) is 6.42 Å². The van der Waals surface area contributed by atoms with Gasteiger partial charge in [0.25, 0.3) is 5.56 Å². The lowest BCUT2D eigenvalue weighted by atomic mass is 10.1. The van der Waals surface area contributed by atoms with Crippen molar-refractivity contribution in [3.05, 3.63) is 83.3 Å². The van der Waals surface area contributed by atoms with Crippen molar-refractivity contribution >= 4 is 28.5 Å². The molecule has 0 bridgehead atoms. The van der Waals surface area contributed by atoms with Crippen LogP contribution in [-0.2, 0) is 9.59 Å². The molecule has 0 aliphatic carbocycles. The zero-order chi connectivity index (χ0) is 22.2. The topological polar surface area (TPSA) is 102 Å². The number of carbonyl (C=O) groups excluding carboxylic acids is 2. The molecule has 0 radical (unpaired) electrons. The second kappa shape index (κ2) is 7.73. The number of anilines is 1. The number of carbonyl (C=O) groups is 2. The zero-order valence-electron chi connectivity index (χ0n) is 16.7. The molecule has 1 saturated heterocycles. The van der Waals surface area contributed by atoms with Crippen LogP contribution in [0, 0.1) is 11.7 Å². The fourth-order valence-corrected chi connectivity index (χ4v) is 3.71. The molecule has 2 amide bonds. The highest BCUT2D eigenvalue weighted by atomic mass is 19.1. The first kappa shape index (κ1) is 19.6. The highest BCUT2D eigenvalue weighted by Crippen LogP contribution is 2.25. The molecule has 9 nitrogen and oxygen atoms in total. The van der Waals surface area contributed by atoms with E-state index in [1.807, 2.05) is 18.2 Å². The number of amides is 2. The minimum Gasteiger partial charge on any atom is -0.312 e. The highest BCUT2D eigenvalue weighted by Gasteiger charge is 2.35. The molecule has 2 aromatic heterocycles. The van der Waals surface area contributed by atoms with Crippen molar-refractivity contribution in [3.8, 4) is 5.69 Å². The molecule has 3 heterocycles. The van der Waals surface area contributed by atoms with Crippen molar-refractivity contribution in [2.75, 3.05) is 16.9 Å². The number of nitrogens with one attached hydrogen (secondary N) is 1. The summed E-state index contributed by atoms with van der Waals surface area (Å²) in [4.78, 5) is 43.8. The summed E-state index contributed by atoms with van der Waals surface area (Å²) in [6, 6.07) is 14.7. The molecule has 4 aromatic rings. The average molecular weight is 432 g/mol. The SMILES string of the molecule is O=C(Nn1cnc2c(cnn2-c2ccc(F)cc2)c1=O)[C@H]1CC(=O)N(c2ccccc2)C1. The third-order valence-electron chi connectivity index (χ3n) is 5.35. The van der Waals surface area contributed by atoms with Gasteiger partial charge in [-0.05, 0) is 36.4 Å². The predicted molar refractivity (Wildman–Crippen MR) is 114 cm³/mol. The van der Waals surface area contributed by atoms with E-state index < -0.39 is 17.4 Å². The molecule has 0 unspecified atom stereocenters. The Kier molecular flexibility index (Phi) is 4.74. The largest absolute Gasteiger partial charge is 0.312 e. The van der Waals surface area contributed by atoms with E-state index in [1.54, 1.807) is 17.0 Å². The number of hydrogen-bond donors (Lipinski definition) is 1. The lowest BCUT2D eigenvalue weighted by molar-refractivity contribution is -0.123. The standard InChI is InChI=1S/C22H17FN6O3/c23-15-6-8-17(9-7-15)29-20-18(11-25-29)22(32)28(13-24-20)26-21(31)14-10-19(30)27(12-14)16-4-2-1-3-5-16/h1-9,11,13-14H,10,12H2,(H,26,31)/t14-/m0/s1. The molecule has 32 heavy (non-hydrogen) atoms. The number of rotatable bonds is 4. The zero-order valence-corrected chi connectivity index (χ0v) is 16.7. The molecular formula is C22H17FN6O3. The monoisotopic (exact) mass is 432 g/mol. The highest BCUT2D eigenvalue weighted by molar-refractivity contribution is 6.01. The lowest BCUT2D eigenvalue weighted by Crippen LogP contribution is -2.37. The van der Waals surface area contributed by atoms with Crippen LogP contribution >= 0.6 is 0 Å². The smallest absolute Gasteiger partial charge is 0.283 e. The van der Waals surface area contributed by atoms with Gasteiger partial charge in [0.1, 0.15) is 17.5 Å². The summed E-state index contributed by atoms with van der Waals surface area (Å²) < 4.78 is 15.6. The van der Waals surface area contributed by atoms with Gasteiger partial charge in [-0.3, -0.25) is 19.8 Å². The first-order chi connectivity index (χ1) is 15.5. The Labute approximate surface area is 180 Å². The number of halogens is 1. The number of aromatic nitrogens is 4. The van der Waals surface area contributed by atoms with Crippen LogP contribution in [0.2, 0.25) is 0 Å². The Morgan fingerprint density at radius 3 is 2.53 bits per heavy atom. The molecule has 1 N–H and O–H groups in total. The van der Waals surface area contributed by atoms with Crippen LogP contribution in [0.15, 0.2) is 71.9 Å². The van der Waals surface area contributed by atoms with E-state index in [2.05, 4.69) is 15.5 Å². The summed E-state index contributed by atoms with van der Waals surface area (Å²) >= 11 is 0. The van der Waals surface area contributed by atoms with Crippen LogP contribution in [0.25, 0.3) is 16.7 Å². The summed E-state index contributed by atoms with van der Waals surface area (Å²) in [6.45, 7) is 0.224. The van der Waals surface area contributed by atoms with Crippen molar-refractivity contribution in [2.24, 2.45) is 5.92 Å². The number of fused-ring (bicyclic) bond motifs is 1. The molecule has 10 heteroatoms. The van der Waals surface area contributed by atoms with Crippen LogP contribution in [-0.4, -0.2) is 37.8 Å². The Hall–Kier alpha value is -4.34. The Morgan fingerprint density at radius 1 is 1.03 bits per heavy atom. The van der Waals surface area contributed by atoms with Gasteiger partial charge in [-0.1, -0.05) is 18.2 Å². The molecule has 1 fully saturated rings. The van der Waals surface area contributed by atoms with E-state index in [9.17, 15) is 18.8 Å². The van der Waals surface area contributed by atoms with Gasteiger partial charge in [-0.25, -0.2) is 18.7 Å². The van der Waals surface area contributed by atoms with Crippen molar-refractivity contribution in [1.29, 1.82) is 0 Å². The summed E-state index contributed by atoms with van der Waals surface area (Å²) in [7, 11) is 0. The molecule has 1 aliphatic heterocycles. The van der Waals surface area contributed by atoms with Crippen LogP contribution in [0.3, 0.4) is 0 Å². The van der Waals surface area contributed by atoms with Gasteiger partial charge >= 0.3 is 0 Å². The van der Waals surface area contributed by atoms with E-state index in [1.165, 1.54) is 41.5 Å². The van der Waals surface area contributed by atoms with Gasteiger partial charge in [0, 0.05) is 18.7 Å². The van der Waals surface area contributed by atoms with Gasteiger partial charge in [0.05, 0.1) is 17.8 Å². The minimum atomic E-state index is -0.604. The Bertz CT molecular complexity index is 1380. The van der Waals surface area contributed by atoms with Crippen molar-refractivity contribution in [1.82, 2.24) is 19.4 Å². The molecule has 5 rings (SSSR count). The van der Waals surface area contributed by atoms with Crippen LogP contribution in [0.1, 0.15) is 6.42 Å². The molecule has 1 aliphatic rings. The van der Waals surface area contributed by atoms with Gasteiger partial charge in [-0.15, -0.1) is 0 Å². The number of nitrogens with zero attached hydrogens (tertiary/aromatic N) is 5. The molecule has 0 saturated carbocycles. The fourth-order valence-electron chi connectivity index (χ4n) is 3.71. The average Bonchev–Trinajstić information content (AvgIpc) is 3.41. The predicted octanol–water partition coefficient (Wildman–Crippen LogP) is 1.84. The Morgan fingerprint density at radius 2 is 1.78 bits per heavy atom. The summed E-state index contributed by atoms with van der Waals surface area (Å²) in [5.41, 5.74) is 3.56. The van der Waals surface area contributed by atoms with Crippen LogP contribution < -0.4 is 15.9 Å². The normalized spacial score (nSPS) is 16.0. The first-order valence-electron chi connectivity index (χ1n) is 9.89. The third-order valence-corrected chi connectivity index (χ3v) is 5.35. The lowest BCUT2D eigenvalue weighted by Gasteiger charge is -2.16. The maximum Gasteiger partial charge on any atom is 0.283 e. The third kappa shape index (κ3) is 3.41. The Balaban J connectivity index is 1.37. The van der Waals surface area contributed by atoms with Gasteiger partial charge in [0.15, 0.2) is 5.65 Å². The molecular weight excluding hydrogens is 415 g/mol. The number of para-hydroxylation sites is 1.